The molecule has 38 heavy (non-hydrogen) atoms. The molecule has 0 aliphatic carbocycles. The van der Waals surface area contributed by atoms with E-state index in [0.717, 1.165) is 27.9 Å². The average molecular weight is 504 g/mol. The summed E-state index contributed by atoms with van der Waals surface area (Å²) in [5.74, 6) is 1.04. The summed E-state index contributed by atoms with van der Waals surface area (Å²) in [7, 11) is 3.21. The molecule has 0 bridgehead atoms. The van der Waals surface area contributed by atoms with Crippen molar-refractivity contribution in [3.05, 3.63) is 132 Å². The van der Waals surface area contributed by atoms with E-state index < -0.39 is 0 Å². The summed E-state index contributed by atoms with van der Waals surface area (Å²) in [6, 6.07) is 34.8. The van der Waals surface area contributed by atoms with E-state index in [1.54, 1.807) is 31.0 Å². The first-order valence-corrected chi connectivity index (χ1v) is 12.4. The Morgan fingerprint density at radius 3 is 2.00 bits per heavy atom. The lowest BCUT2D eigenvalue weighted by molar-refractivity contribution is 0.0935. The third-order valence-corrected chi connectivity index (χ3v) is 6.45. The maximum atomic E-state index is 13.9. The van der Waals surface area contributed by atoms with Gasteiger partial charge in [0.2, 0.25) is 0 Å². The Kier molecular flexibility index (Phi) is 7.22. The van der Waals surface area contributed by atoms with Crippen molar-refractivity contribution in [2.45, 2.75) is 13.0 Å². The van der Waals surface area contributed by atoms with Crippen molar-refractivity contribution in [1.29, 1.82) is 0 Å². The van der Waals surface area contributed by atoms with Crippen LogP contribution in [0.5, 0.6) is 11.5 Å². The van der Waals surface area contributed by atoms with E-state index in [1.165, 1.54) is 0 Å². The zero-order chi connectivity index (χ0) is 26.5. The average Bonchev–Trinajstić information content (AvgIpc) is 3.42. The zero-order valence-corrected chi connectivity index (χ0v) is 21.6. The van der Waals surface area contributed by atoms with Crippen LogP contribution in [0.2, 0.25) is 0 Å². The smallest absolute Gasteiger partial charge is 0.270 e. The Bertz CT molecular complexity index is 1490. The fourth-order valence-electron chi connectivity index (χ4n) is 4.42. The topological polar surface area (TPSA) is 65.4 Å². The van der Waals surface area contributed by atoms with Gasteiger partial charge < -0.3 is 14.8 Å². The second-order valence-corrected chi connectivity index (χ2v) is 8.96. The van der Waals surface area contributed by atoms with Crippen molar-refractivity contribution in [2.75, 3.05) is 14.2 Å². The monoisotopic (exact) mass is 503 g/mol. The molecule has 0 spiro atoms. The van der Waals surface area contributed by atoms with Crippen molar-refractivity contribution in [3.8, 4) is 28.4 Å². The first kappa shape index (κ1) is 24.8. The largest absolute Gasteiger partial charge is 0.497 e. The molecule has 1 N–H and O–H groups in total. The van der Waals surface area contributed by atoms with Gasteiger partial charge in [0.1, 0.15) is 17.2 Å². The van der Waals surface area contributed by atoms with Crippen LogP contribution in [0, 0.1) is 6.92 Å². The van der Waals surface area contributed by atoms with Crippen molar-refractivity contribution >= 4 is 5.91 Å². The predicted molar refractivity (Wildman–Crippen MR) is 149 cm³/mol. The van der Waals surface area contributed by atoms with Crippen LogP contribution in [0.4, 0.5) is 0 Å². The second-order valence-electron chi connectivity index (χ2n) is 8.96. The van der Waals surface area contributed by atoms with Crippen LogP contribution in [-0.4, -0.2) is 29.9 Å². The molecular formula is C32H29N3O3. The van der Waals surface area contributed by atoms with Crippen LogP contribution >= 0.6 is 0 Å². The van der Waals surface area contributed by atoms with Gasteiger partial charge in [-0.15, -0.1) is 0 Å². The molecule has 190 valence electrons. The Labute approximate surface area is 222 Å². The maximum absolute atomic E-state index is 13.9. The van der Waals surface area contributed by atoms with Gasteiger partial charge in [-0.1, -0.05) is 78.4 Å². The Hall–Kier alpha value is -4.84. The molecule has 6 nitrogen and oxygen atoms in total. The number of aromatic nitrogens is 2. The minimum Gasteiger partial charge on any atom is -0.497 e. The van der Waals surface area contributed by atoms with Crippen molar-refractivity contribution < 1.29 is 14.3 Å². The van der Waals surface area contributed by atoms with Crippen LogP contribution < -0.4 is 14.8 Å². The Morgan fingerprint density at radius 1 is 0.789 bits per heavy atom. The molecular weight excluding hydrogens is 474 g/mol. The van der Waals surface area contributed by atoms with Crippen LogP contribution in [0.15, 0.2) is 109 Å². The van der Waals surface area contributed by atoms with Crippen molar-refractivity contribution in [2.24, 2.45) is 0 Å². The number of benzene rings is 4. The van der Waals surface area contributed by atoms with Crippen LogP contribution in [-0.2, 0) is 0 Å². The second kappa shape index (κ2) is 11.0. The van der Waals surface area contributed by atoms with E-state index in [2.05, 4.69) is 5.32 Å². The van der Waals surface area contributed by atoms with E-state index >= 15 is 0 Å². The van der Waals surface area contributed by atoms with E-state index in [4.69, 9.17) is 14.6 Å². The van der Waals surface area contributed by atoms with Crippen molar-refractivity contribution in [3.63, 3.8) is 0 Å². The highest BCUT2D eigenvalue weighted by Crippen LogP contribution is 2.34. The molecule has 0 fully saturated rings. The lowest BCUT2D eigenvalue weighted by Crippen LogP contribution is -2.31. The summed E-state index contributed by atoms with van der Waals surface area (Å²) in [6.45, 7) is 2.03. The molecule has 5 aromatic rings. The standard InChI is InChI=1S/C32H29N3O3/c1-22-14-16-25(17-15-22)35-29(21-28(34-35)27-19-18-26(37-2)20-30(27)38-3)32(36)33-31(23-10-6-4-7-11-23)24-12-8-5-9-13-24/h4-21,31H,1-3H3,(H,33,36). The van der Waals surface area contributed by atoms with Gasteiger partial charge in [-0.2, -0.15) is 5.10 Å². The first-order valence-electron chi connectivity index (χ1n) is 12.4. The predicted octanol–water partition coefficient (Wildman–Crippen LogP) is 6.38. The summed E-state index contributed by atoms with van der Waals surface area (Å²) >= 11 is 0. The van der Waals surface area contributed by atoms with Gasteiger partial charge in [-0.3, -0.25) is 4.79 Å². The summed E-state index contributed by atoms with van der Waals surface area (Å²) in [5.41, 5.74) is 5.68. The van der Waals surface area contributed by atoms with Crippen LogP contribution in [0.1, 0.15) is 33.2 Å². The molecule has 1 aromatic heterocycles. The van der Waals surface area contributed by atoms with E-state index in [0.29, 0.717) is 22.9 Å². The minimum absolute atomic E-state index is 0.241. The van der Waals surface area contributed by atoms with E-state index in [-0.39, 0.29) is 11.9 Å². The molecule has 1 heterocycles. The van der Waals surface area contributed by atoms with E-state index in [1.807, 2.05) is 104 Å². The molecule has 4 aromatic carbocycles. The Morgan fingerprint density at radius 2 is 1.42 bits per heavy atom. The lowest BCUT2D eigenvalue weighted by atomic mass is 9.98. The molecule has 5 rings (SSSR count). The lowest BCUT2D eigenvalue weighted by Gasteiger charge is -2.20. The number of hydrogen-bond donors (Lipinski definition) is 1. The highest BCUT2D eigenvalue weighted by Gasteiger charge is 2.23. The Balaban J connectivity index is 1.59. The number of methoxy groups -OCH3 is 2. The third-order valence-electron chi connectivity index (χ3n) is 6.45. The number of carbonyl (C=O) groups excluding carboxylic acids is 1. The summed E-state index contributed by atoms with van der Waals surface area (Å²) in [5, 5.41) is 8.10. The van der Waals surface area contributed by atoms with Crippen LogP contribution in [0.3, 0.4) is 0 Å². The zero-order valence-electron chi connectivity index (χ0n) is 21.6. The van der Waals surface area contributed by atoms with Crippen LogP contribution in [0.25, 0.3) is 16.9 Å². The molecule has 0 radical (unpaired) electrons. The summed E-state index contributed by atoms with van der Waals surface area (Å²) in [4.78, 5) is 13.9. The first-order chi connectivity index (χ1) is 18.6. The molecule has 0 atom stereocenters. The summed E-state index contributed by atoms with van der Waals surface area (Å²) < 4.78 is 12.7. The minimum atomic E-state index is -0.328. The molecule has 1 amide bonds. The SMILES string of the molecule is COc1ccc(-c2cc(C(=O)NC(c3ccccc3)c3ccccc3)n(-c3ccc(C)cc3)n2)c(OC)c1. The molecule has 0 saturated heterocycles. The highest BCUT2D eigenvalue weighted by atomic mass is 16.5. The number of ether oxygens (including phenoxy) is 2. The van der Waals surface area contributed by atoms with Gasteiger partial charge in [0.15, 0.2) is 0 Å². The van der Waals surface area contributed by atoms with E-state index in [9.17, 15) is 4.79 Å². The fourth-order valence-corrected chi connectivity index (χ4v) is 4.42. The molecule has 0 aliphatic rings. The number of nitrogens with zero attached hydrogens (tertiary/aromatic N) is 2. The van der Waals surface area contributed by atoms with Gasteiger partial charge in [-0.25, -0.2) is 4.68 Å². The number of carbonyl (C=O) groups is 1. The molecule has 0 unspecified atom stereocenters. The molecule has 0 aliphatic heterocycles. The summed E-state index contributed by atoms with van der Waals surface area (Å²) in [6.07, 6.45) is 0. The molecule has 6 heteroatoms. The number of nitrogens with one attached hydrogen (secondary N) is 1. The van der Waals surface area contributed by atoms with Gasteiger partial charge in [-0.05, 0) is 48.4 Å². The number of aryl methyl sites for hydroxylation is 1. The van der Waals surface area contributed by atoms with Crippen molar-refractivity contribution in [1.82, 2.24) is 15.1 Å². The number of hydrogen-bond acceptors (Lipinski definition) is 4. The molecule has 0 saturated carbocycles. The van der Waals surface area contributed by atoms with Gasteiger partial charge >= 0.3 is 0 Å². The highest BCUT2D eigenvalue weighted by molar-refractivity contribution is 5.95. The fraction of sp³-hybridized carbons (Fsp3) is 0.125. The third kappa shape index (κ3) is 5.15. The normalized spacial score (nSPS) is 10.8. The number of amides is 1. The number of rotatable bonds is 8. The quantitative estimate of drug-likeness (QED) is 0.267. The van der Waals surface area contributed by atoms with Gasteiger partial charge in [0.05, 0.1) is 31.6 Å². The maximum Gasteiger partial charge on any atom is 0.270 e. The van der Waals surface area contributed by atoms with Gasteiger partial charge in [0, 0.05) is 11.6 Å². The van der Waals surface area contributed by atoms with Gasteiger partial charge in [0.25, 0.3) is 5.91 Å².